The van der Waals surface area contributed by atoms with E-state index in [1.54, 1.807) is 48.5 Å². The van der Waals surface area contributed by atoms with Crippen LogP contribution in [0.25, 0.3) is 10.9 Å². The Morgan fingerprint density at radius 2 is 1.24 bits per heavy atom. The summed E-state index contributed by atoms with van der Waals surface area (Å²) in [5.74, 6) is -0.147. The predicted molar refractivity (Wildman–Crippen MR) is 163 cm³/mol. The van der Waals surface area contributed by atoms with Crippen molar-refractivity contribution >= 4 is 42.4 Å². The first-order chi connectivity index (χ1) is 19.0. The molecule has 216 valence electrons. The Kier molecular flexibility index (Phi) is 6.98. The molecule has 9 heteroatoms. The number of rotatable bonds is 5. The van der Waals surface area contributed by atoms with Crippen LogP contribution in [0.1, 0.15) is 81.6 Å². The van der Waals surface area contributed by atoms with Crippen LogP contribution < -0.4 is 4.72 Å². The molecule has 7 nitrogen and oxygen atoms in total. The number of fused-ring (bicyclic) bond motifs is 3. The summed E-state index contributed by atoms with van der Waals surface area (Å²) < 4.78 is 58.3. The number of hydrogen-bond donors (Lipinski definition) is 1. The summed E-state index contributed by atoms with van der Waals surface area (Å²) in [6.45, 7) is 12.3. The van der Waals surface area contributed by atoms with Crippen LogP contribution >= 0.6 is 0 Å². The van der Waals surface area contributed by atoms with Crippen molar-refractivity contribution in [2.75, 3.05) is 4.72 Å². The van der Waals surface area contributed by atoms with Crippen LogP contribution in [0.4, 0.5) is 5.69 Å². The third kappa shape index (κ3) is 5.33. The van der Waals surface area contributed by atoms with E-state index in [9.17, 15) is 21.6 Å². The lowest BCUT2D eigenvalue weighted by atomic mass is 9.87. The molecule has 1 aliphatic rings. The molecule has 0 saturated heterocycles. The molecule has 4 aromatic rings. The van der Waals surface area contributed by atoms with Crippen molar-refractivity contribution in [3.63, 3.8) is 0 Å². The summed E-state index contributed by atoms with van der Waals surface area (Å²) in [6.07, 6.45) is 1.28. The van der Waals surface area contributed by atoms with E-state index < -0.39 is 20.0 Å². The van der Waals surface area contributed by atoms with E-state index >= 15 is 0 Å². The molecule has 0 radical (unpaired) electrons. The molecule has 1 aromatic heterocycles. The topological polar surface area (TPSA) is 102 Å². The van der Waals surface area contributed by atoms with Crippen LogP contribution in [0.2, 0.25) is 0 Å². The Morgan fingerprint density at radius 1 is 0.707 bits per heavy atom. The van der Waals surface area contributed by atoms with Crippen LogP contribution in [-0.2, 0) is 37.3 Å². The highest BCUT2D eigenvalue weighted by Gasteiger charge is 2.32. The zero-order valence-corrected chi connectivity index (χ0v) is 25.9. The van der Waals surface area contributed by atoms with Gasteiger partial charge in [0.25, 0.3) is 20.0 Å². The van der Waals surface area contributed by atoms with Gasteiger partial charge < -0.3 is 0 Å². The van der Waals surface area contributed by atoms with Crippen LogP contribution in [-0.4, -0.2) is 26.6 Å². The lowest BCUT2D eigenvalue weighted by Gasteiger charge is -2.20. The van der Waals surface area contributed by atoms with Gasteiger partial charge in [0.05, 0.1) is 15.3 Å². The zero-order chi connectivity index (χ0) is 30.0. The quantitative estimate of drug-likeness (QED) is 0.275. The number of carbonyl (C=O) groups excluding carboxylic acids is 1. The van der Waals surface area contributed by atoms with Crippen LogP contribution in [0.15, 0.2) is 76.5 Å². The van der Waals surface area contributed by atoms with Crippen molar-refractivity contribution in [1.29, 1.82) is 0 Å². The number of nitrogens with one attached hydrogen (secondary N) is 1. The van der Waals surface area contributed by atoms with Gasteiger partial charge in [-0.15, -0.1) is 0 Å². The number of carbonyl (C=O) groups is 1. The van der Waals surface area contributed by atoms with Gasteiger partial charge in [-0.05, 0) is 77.3 Å². The van der Waals surface area contributed by atoms with Crippen LogP contribution in [0.5, 0.6) is 0 Å². The van der Waals surface area contributed by atoms with E-state index in [0.717, 1.165) is 11.1 Å². The van der Waals surface area contributed by atoms with Crippen LogP contribution in [0.3, 0.4) is 0 Å². The van der Waals surface area contributed by atoms with E-state index in [0.29, 0.717) is 41.4 Å². The third-order valence-electron chi connectivity index (χ3n) is 7.66. The lowest BCUT2D eigenvalue weighted by molar-refractivity contribution is 0.0974. The zero-order valence-electron chi connectivity index (χ0n) is 24.3. The molecular formula is C32H36N2O5S2. The highest BCUT2D eigenvalue weighted by Crippen LogP contribution is 2.37. The normalized spacial score (nSPS) is 14.7. The second kappa shape index (κ2) is 9.84. The third-order valence-corrected chi connectivity index (χ3v) is 10.8. The Balaban J connectivity index is 1.59. The molecule has 1 aliphatic carbocycles. The van der Waals surface area contributed by atoms with Gasteiger partial charge in [0.1, 0.15) is 0 Å². The minimum Gasteiger partial charge on any atom is -0.294 e. The smallest absolute Gasteiger partial charge is 0.268 e. The SMILES string of the molecule is CC(C)(C)c1ccc(S(=O)(=O)Nc2ccc3c(c2)c2c(n3S(=O)(=O)c3ccc(C(C)(C)C)cc3)CCCC2=O)cc1. The number of hydrogen-bond acceptors (Lipinski definition) is 5. The lowest BCUT2D eigenvalue weighted by Crippen LogP contribution is -2.20. The first kappa shape index (κ1) is 29.1. The summed E-state index contributed by atoms with van der Waals surface area (Å²) >= 11 is 0. The van der Waals surface area contributed by atoms with Gasteiger partial charge in [-0.1, -0.05) is 65.8 Å². The Bertz CT molecular complexity index is 1870. The van der Waals surface area contributed by atoms with Crippen LogP contribution in [0, 0.1) is 0 Å². The second-order valence-corrected chi connectivity index (χ2v) is 16.2. The van der Waals surface area contributed by atoms with E-state index in [2.05, 4.69) is 46.3 Å². The molecule has 0 aliphatic heterocycles. The number of aromatic nitrogens is 1. The van der Waals surface area contributed by atoms with E-state index in [4.69, 9.17) is 0 Å². The van der Waals surface area contributed by atoms with Crippen molar-refractivity contribution < 1.29 is 21.6 Å². The minimum absolute atomic E-state index is 0.113. The summed E-state index contributed by atoms with van der Waals surface area (Å²) in [5, 5.41) is 0.419. The number of ketones is 1. The number of sulfonamides is 1. The fourth-order valence-corrected chi connectivity index (χ4v) is 7.94. The van der Waals surface area contributed by atoms with Gasteiger partial charge in [0, 0.05) is 28.8 Å². The molecule has 1 N–H and O–H groups in total. The molecule has 41 heavy (non-hydrogen) atoms. The van der Waals surface area contributed by atoms with Gasteiger partial charge in [0.15, 0.2) is 5.78 Å². The fraction of sp³-hybridized carbons (Fsp3) is 0.344. The molecule has 0 saturated carbocycles. The number of benzene rings is 3. The number of Topliss-reactive ketones (excluding diaryl/α,β-unsaturated/α-hetero) is 1. The number of anilines is 1. The van der Waals surface area contributed by atoms with Crippen molar-refractivity contribution in [3.8, 4) is 0 Å². The van der Waals surface area contributed by atoms with Gasteiger partial charge in [-0.3, -0.25) is 9.52 Å². The Hall–Kier alpha value is -3.43. The first-order valence-corrected chi connectivity index (χ1v) is 16.6. The Labute approximate surface area is 242 Å². The summed E-state index contributed by atoms with van der Waals surface area (Å²) in [5.41, 5.74) is 3.16. The molecular weight excluding hydrogens is 556 g/mol. The maximum absolute atomic E-state index is 14.0. The van der Waals surface area contributed by atoms with Gasteiger partial charge in [-0.2, -0.15) is 0 Å². The maximum atomic E-state index is 14.0. The molecule has 3 aromatic carbocycles. The van der Waals surface area contributed by atoms with Gasteiger partial charge in [-0.25, -0.2) is 20.8 Å². The van der Waals surface area contributed by atoms with E-state index in [1.165, 1.54) is 10.0 Å². The van der Waals surface area contributed by atoms with Crippen molar-refractivity contribution in [2.24, 2.45) is 0 Å². The molecule has 0 unspecified atom stereocenters. The predicted octanol–water partition coefficient (Wildman–Crippen LogP) is 6.79. The summed E-state index contributed by atoms with van der Waals surface area (Å²) in [4.78, 5) is 13.4. The number of nitrogens with zero attached hydrogens (tertiary/aromatic N) is 1. The van der Waals surface area contributed by atoms with Crippen molar-refractivity contribution in [3.05, 3.63) is 89.1 Å². The molecule has 0 fully saturated rings. The molecule has 0 spiro atoms. The fourth-order valence-electron chi connectivity index (χ4n) is 5.31. The second-order valence-electron chi connectivity index (χ2n) is 12.8. The standard InChI is InChI=1S/C32H36N2O5S2/c1-31(2,3)21-10-15-24(16-11-21)40(36,37)33-23-14-19-27-26(20-23)30-28(8-7-9-29(30)35)34(27)41(38,39)25-17-12-22(13-18-25)32(4,5)6/h10-20,33H,7-9H2,1-6H3. The summed E-state index contributed by atoms with van der Waals surface area (Å²) in [6, 6.07) is 18.2. The molecule has 1 heterocycles. The van der Waals surface area contributed by atoms with Crippen molar-refractivity contribution in [2.45, 2.75) is 81.4 Å². The minimum atomic E-state index is -4.03. The van der Waals surface area contributed by atoms with E-state index in [1.807, 2.05) is 12.1 Å². The summed E-state index contributed by atoms with van der Waals surface area (Å²) in [7, 11) is -7.95. The largest absolute Gasteiger partial charge is 0.294 e. The average Bonchev–Trinajstić information content (AvgIpc) is 3.23. The highest BCUT2D eigenvalue weighted by molar-refractivity contribution is 7.92. The monoisotopic (exact) mass is 592 g/mol. The average molecular weight is 593 g/mol. The Morgan fingerprint density at radius 3 is 1.78 bits per heavy atom. The molecule has 5 rings (SSSR count). The van der Waals surface area contributed by atoms with Gasteiger partial charge in [0.2, 0.25) is 0 Å². The molecule has 0 atom stereocenters. The van der Waals surface area contributed by atoms with Crippen molar-refractivity contribution in [1.82, 2.24) is 3.97 Å². The highest BCUT2D eigenvalue weighted by atomic mass is 32.2. The first-order valence-electron chi connectivity index (χ1n) is 13.7. The van der Waals surface area contributed by atoms with Gasteiger partial charge >= 0.3 is 0 Å². The van der Waals surface area contributed by atoms with E-state index in [-0.39, 0.29) is 32.1 Å². The maximum Gasteiger partial charge on any atom is 0.268 e. The molecule has 0 amide bonds. The molecule has 0 bridgehead atoms.